The summed E-state index contributed by atoms with van der Waals surface area (Å²) in [6.45, 7) is 1.21. The molecule has 1 aromatic rings. The van der Waals surface area contributed by atoms with Crippen LogP contribution in [0.3, 0.4) is 0 Å². The molecule has 0 spiro atoms. The maximum absolute atomic E-state index is 11.3. The Balaban J connectivity index is 2.19. The maximum Gasteiger partial charge on any atom is 0.306 e. The van der Waals surface area contributed by atoms with Crippen LogP contribution in [-0.2, 0) is 19.7 Å². The highest BCUT2D eigenvalue weighted by Gasteiger charge is 2.42. The topological polar surface area (TPSA) is 35.5 Å². The van der Waals surface area contributed by atoms with Crippen molar-refractivity contribution in [2.24, 2.45) is 0 Å². The molecule has 1 fully saturated rings. The van der Waals surface area contributed by atoms with Crippen molar-refractivity contribution >= 4 is 5.97 Å². The summed E-state index contributed by atoms with van der Waals surface area (Å²) >= 11 is 0. The molecule has 0 aliphatic carbocycles. The fraction of sp³-hybridized carbons (Fsp3) is 0.417. The minimum Gasteiger partial charge on any atom is -0.469 e. The van der Waals surface area contributed by atoms with Crippen LogP contribution in [0.5, 0.6) is 0 Å². The van der Waals surface area contributed by atoms with E-state index in [1.165, 1.54) is 7.11 Å². The summed E-state index contributed by atoms with van der Waals surface area (Å²) in [6, 6.07) is 9.99. The SMILES string of the molecule is COC(=O)CC1(c2ccccc2)COC1. The smallest absolute Gasteiger partial charge is 0.306 e. The van der Waals surface area contributed by atoms with Gasteiger partial charge in [-0.3, -0.25) is 4.79 Å². The second kappa shape index (κ2) is 4.03. The first-order chi connectivity index (χ1) is 7.27. The van der Waals surface area contributed by atoms with Crippen molar-refractivity contribution in [1.82, 2.24) is 0 Å². The molecule has 0 bridgehead atoms. The van der Waals surface area contributed by atoms with Crippen molar-refractivity contribution in [3.05, 3.63) is 35.9 Å². The Morgan fingerprint density at radius 1 is 1.40 bits per heavy atom. The van der Waals surface area contributed by atoms with Gasteiger partial charge in [-0.1, -0.05) is 30.3 Å². The largest absolute Gasteiger partial charge is 0.469 e. The molecule has 1 aromatic carbocycles. The third-order valence-corrected chi connectivity index (χ3v) is 2.85. The number of esters is 1. The van der Waals surface area contributed by atoms with Crippen molar-refractivity contribution < 1.29 is 14.3 Å². The van der Waals surface area contributed by atoms with E-state index in [1.807, 2.05) is 30.3 Å². The molecule has 1 saturated heterocycles. The van der Waals surface area contributed by atoms with E-state index in [9.17, 15) is 4.79 Å². The molecule has 0 N–H and O–H groups in total. The lowest BCUT2D eigenvalue weighted by Gasteiger charge is -2.41. The molecule has 0 saturated carbocycles. The van der Waals surface area contributed by atoms with E-state index in [0.29, 0.717) is 19.6 Å². The van der Waals surface area contributed by atoms with Gasteiger partial charge in [0.05, 0.1) is 32.2 Å². The first-order valence-electron chi connectivity index (χ1n) is 4.97. The van der Waals surface area contributed by atoms with E-state index in [0.717, 1.165) is 5.56 Å². The van der Waals surface area contributed by atoms with Crippen LogP contribution in [0.4, 0.5) is 0 Å². The van der Waals surface area contributed by atoms with Crippen LogP contribution in [0.25, 0.3) is 0 Å². The van der Waals surface area contributed by atoms with E-state index in [1.54, 1.807) is 0 Å². The fourth-order valence-corrected chi connectivity index (χ4v) is 1.86. The summed E-state index contributed by atoms with van der Waals surface area (Å²) < 4.78 is 9.94. The number of methoxy groups -OCH3 is 1. The third-order valence-electron chi connectivity index (χ3n) is 2.85. The van der Waals surface area contributed by atoms with E-state index in [-0.39, 0.29) is 11.4 Å². The van der Waals surface area contributed by atoms with Gasteiger partial charge in [-0.25, -0.2) is 0 Å². The van der Waals surface area contributed by atoms with Crippen LogP contribution in [0, 0.1) is 0 Å². The molecule has 15 heavy (non-hydrogen) atoms. The number of carbonyl (C=O) groups excluding carboxylic acids is 1. The summed E-state index contributed by atoms with van der Waals surface area (Å²) in [6.07, 6.45) is 0.396. The van der Waals surface area contributed by atoms with E-state index >= 15 is 0 Å². The molecule has 0 aromatic heterocycles. The van der Waals surface area contributed by atoms with Crippen molar-refractivity contribution in [3.8, 4) is 0 Å². The van der Waals surface area contributed by atoms with E-state index in [2.05, 4.69) is 0 Å². The summed E-state index contributed by atoms with van der Waals surface area (Å²) in [5, 5.41) is 0. The molecule has 3 heteroatoms. The minimum atomic E-state index is -0.179. The lowest BCUT2D eigenvalue weighted by molar-refractivity contribution is -0.148. The van der Waals surface area contributed by atoms with Gasteiger partial charge >= 0.3 is 5.97 Å². The minimum absolute atomic E-state index is 0.158. The highest BCUT2D eigenvalue weighted by atomic mass is 16.5. The first-order valence-corrected chi connectivity index (χ1v) is 4.97. The normalized spacial score (nSPS) is 17.9. The van der Waals surface area contributed by atoms with Crippen LogP contribution in [0.1, 0.15) is 12.0 Å². The first kappa shape index (κ1) is 10.2. The zero-order valence-electron chi connectivity index (χ0n) is 8.73. The number of ether oxygens (including phenoxy) is 2. The number of hydrogen-bond donors (Lipinski definition) is 0. The standard InChI is InChI=1S/C12H14O3/c1-14-11(13)7-12(8-15-9-12)10-5-3-2-4-6-10/h2-6H,7-9H2,1H3. The summed E-state index contributed by atoms with van der Waals surface area (Å²) in [5.74, 6) is -0.179. The number of benzene rings is 1. The molecule has 1 heterocycles. The Morgan fingerprint density at radius 2 is 2.07 bits per heavy atom. The van der Waals surface area contributed by atoms with Crippen LogP contribution < -0.4 is 0 Å². The Morgan fingerprint density at radius 3 is 2.53 bits per heavy atom. The van der Waals surface area contributed by atoms with Gasteiger partial charge in [0, 0.05) is 0 Å². The molecular formula is C12H14O3. The van der Waals surface area contributed by atoms with Gasteiger partial charge in [0.25, 0.3) is 0 Å². The molecule has 1 aliphatic heterocycles. The molecule has 0 radical (unpaired) electrons. The molecule has 80 valence electrons. The van der Waals surface area contributed by atoms with Gasteiger partial charge < -0.3 is 9.47 Å². The second-order valence-corrected chi connectivity index (χ2v) is 3.89. The van der Waals surface area contributed by atoms with Gasteiger partial charge in [-0.2, -0.15) is 0 Å². The number of rotatable bonds is 3. The van der Waals surface area contributed by atoms with E-state index < -0.39 is 0 Å². The van der Waals surface area contributed by atoms with Crippen LogP contribution in [0.15, 0.2) is 30.3 Å². The van der Waals surface area contributed by atoms with Crippen molar-refractivity contribution in [3.63, 3.8) is 0 Å². The highest BCUT2D eigenvalue weighted by molar-refractivity contribution is 5.71. The van der Waals surface area contributed by atoms with E-state index in [4.69, 9.17) is 9.47 Å². The predicted octanol–water partition coefficient (Wildman–Crippen LogP) is 1.52. The Kier molecular flexibility index (Phi) is 2.73. The molecular weight excluding hydrogens is 192 g/mol. The molecule has 2 rings (SSSR count). The summed E-state index contributed by atoms with van der Waals surface area (Å²) in [7, 11) is 1.42. The highest BCUT2D eigenvalue weighted by Crippen LogP contribution is 2.35. The molecule has 0 amide bonds. The van der Waals surface area contributed by atoms with Gasteiger partial charge in [-0.15, -0.1) is 0 Å². The maximum atomic E-state index is 11.3. The average Bonchev–Trinajstić information content (AvgIpc) is 2.24. The summed E-state index contributed by atoms with van der Waals surface area (Å²) in [4.78, 5) is 11.3. The van der Waals surface area contributed by atoms with Gasteiger partial charge in [0.15, 0.2) is 0 Å². The van der Waals surface area contributed by atoms with Crippen molar-refractivity contribution in [1.29, 1.82) is 0 Å². The Hall–Kier alpha value is -1.35. The summed E-state index contributed by atoms with van der Waals surface area (Å²) in [5.41, 5.74) is 0.996. The van der Waals surface area contributed by atoms with Crippen molar-refractivity contribution in [2.75, 3.05) is 20.3 Å². The predicted molar refractivity (Wildman–Crippen MR) is 55.6 cm³/mol. The number of hydrogen-bond acceptors (Lipinski definition) is 3. The Labute approximate surface area is 89.0 Å². The molecule has 0 unspecified atom stereocenters. The average molecular weight is 206 g/mol. The molecule has 3 nitrogen and oxygen atoms in total. The zero-order valence-corrected chi connectivity index (χ0v) is 8.73. The van der Waals surface area contributed by atoms with Crippen LogP contribution in [0.2, 0.25) is 0 Å². The quantitative estimate of drug-likeness (QED) is 0.703. The fourth-order valence-electron chi connectivity index (χ4n) is 1.86. The lowest BCUT2D eigenvalue weighted by atomic mass is 9.76. The van der Waals surface area contributed by atoms with Gasteiger partial charge in [-0.05, 0) is 5.56 Å². The van der Waals surface area contributed by atoms with Crippen molar-refractivity contribution in [2.45, 2.75) is 11.8 Å². The second-order valence-electron chi connectivity index (χ2n) is 3.89. The third kappa shape index (κ3) is 1.88. The van der Waals surface area contributed by atoms with Crippen LogP contribution in [-0.4, -0.2) is 26.3 Å². The molecule has 1 aliphatic rings. The van der Waals surface area contributed by atoms with Gasteiger partial charge in [0.2, 0.25) is 0 Å². The van der Waals surface area contributed by atoms with Gasteiger partial charge in [0.1, 0.15) is 0 Å². The molecule has 0 atom stereocenters. The monoisotopic (exact) mass is 206 g/mol. The van der Waals surface area contributed by atoms with Crippen LogP contribution >= 0.6 is 0 Å². The Bertz CT molecular complexity index is 341. The lowest BCUT2D eigenvalue weighted by Crippen LogP contribution is -2.48. The zero-order chi connectivity index (χ0) is 10.7. The number of carbonyl (C=O) groups is 1.